The molecule has 0 saturated carbocycles. The highest BCUT2D eigenvalue weighted by Gasteiger charge is 2.55. The van der Waals surface area contributed by atoms with Crippen LogP contribution in [0.4, 0.5) is 13.2 Å². The molecular weight excluding hydrogens is 493 g/mol. The number of hydrogen-bond acceptors (Lipinski definition) is 6. The smallest absolute Gasteiger partial charge is 0.380 e. The number of aromatic nitrogens is 3. The van der Waals surface area contributed by atoms with E-state index in [0.717, 1.165) is 17.3 Å². The van der Waals surface area contributed by atoms with Crippen LogP contribution in [0, 0.1) is 17.3 Å². The van der Waals surface area contributed by atoms with E-state index in [0.29, 0.717) is 30.1 Å². The molecule has 2 N–H and O–H groups in total. The van der Waals surface area contributed by atoms with Gasteiger partial charge in [-0.15, -0.1) is 0 Å². The van der Waals surface area contributed by atoms with Crippen molar-refractivity contribution >= 4 is 0 Å². The Bertz CT molecular complexity index is 1370. The maximum absolute atomic E-state index is 13.0. The molecule has 2 atom stereocenters. The van der Waals surface area contributed by atoms with Crippen LogP contribution in [0.2, 0.25) is 0 Å². The average Bonchev–Trinajstić information content (AvgIpc) is 2.86. The van der Waals surface area contributed by atoms with Gasteiger partial charge in [0.05, 0.1) is 5.69 Å². The van der Waals surface area contributed by atoms with Gasteiger partial charge in [-0.1, -0.05) is 56.9 Å². The van der Waals surface area contributed by atoms with E-state index in [2.05, 4.69) is 45.5 Å². The molecule has 0 bridgehead atoms. The van der Waals surface area contributed by atoms with E-state index >= 15 is 0 Å². The summed E-state index contributed by atoms with van der Waals surface area (Å²) in [5.41, 5.74) is -1.32. The Labute approximate surface area is 220 Å². The topological polar surface area (TPSA) is 82.4 Å². The van der Waals surface area contributed by atoms with Crippen LogP contribution in [0.15, 0.2) is 55.0 Å². The minimum Gasteiger partial charge on any atom is -0.380 e. The van der Waals surface area contributed by atoms with Gasteiger partial charge >= 0.3 is 6.18 Å². The summed E-state index contributed by atoms with van der Waals surface area (Å²) < 4.78 is 39.1. The molecule has 2 aromatic heterocycles. The Morgan fingerprint density at radius 3 is 2.26 bits per heavy atom. The Kier molecular flexibility index (Phi) is 7.12. The summed E-state index contributed by atoms with van der Waals surface area (Å²) in [5, 5.41) is 23.1. The van der Waals surface area contributed by atoms with Gasteiger partial charge in [0.1, 0.15) is 5.60 Å². The molecule has 1 fully saturated rings. The number of rotatable bonds is 5. The number of nitrogens with zero attached hydrogens (tertiary/aromatic N) is 4. The van der Waals surface area contributed by atoms with Crippen molar-refractivity contribution < 1.29 is 23.4 Å². The van der Waals surface area contributed by atoms with Crippen molar-refractivity contribution in [2.45, 2.75) is 51.0 Å². The van der Waals surface area contributed by atoms with Gasteiger partial charge in [0.2, 0.25) is 5.82 Å². The van der Waals surface area contributed by atoms with Crippen LogP contribution < -0.4 is 0 Å². The van der Waals surface area contributed by atoms with Crippen LogP contribution in [0.25, 0.3) is 0 Å². The molecule has 1 saturated heterocycles. The Morgan fingerprint density at radius 1 is 1.03 bits per heavy atom. The lowest BCUT2D eigenvalue weighted by molar-refractivity contribution is -0.145. The molecule has 0 spiro atoms. The lowest BCUT2D eigenvalue weighted by Crippen LogP contribution is -2.63. The molecule has 9 heteroatoms. The van der Waals surface area contributed by atoms with Crippen molar-refractivity contribution in [1.29, 1.82) is 0 Å². The summed E-state index contributed by atoms with van der Waals surface area (Å²) in [6, 6.07) is 10.8. The van der Waals surface area contributed by atoms with E-state index < -0.39 is 28.6 Å². The standard InChI is InChI=1S/C29H31F3N4O2/c1-19(2)21-6-8-22(9-7-21)28(38,26(3)17-36(5)18-26)23-14-20(15-33-16-23)10-12-27(4,37)24-11-13-34-25(35-24)29(30,31)32/h6-9,11,13-16,19,37-38H,17-18H2,1-5H3/t27-,28+/m1/s1. The molecule has 0 amide bonds. The molecule has 200 valence electrons. The summed E-state index contributed by atoms with van der Waals surface area (Å²) in [4.78, 5) is 13.1. The second kappa shape index (κ2) is 9.77. The van der Waals surface area contributed by atoms with Gasteiger partial charge in [-0.05, 0) is 43.1 Å². The average molecular weight is 525 g/mol. The summed E-state index contributed by atoms with van der Waals surface area (Å²) in [6.45, 7) is 8.83. The summed E-state index contributed by atoms with van der Waals surface area (Å²) in [6.07, 6.45) is -0.736. The minimum atomic E-state index is -4.75. The van der Waals surface area contributed by atoms with E-state index in [1.165, 1.54) is 19.2 Å². The number of aliphatic hydroxyl groups is 2. The predicted molar refractivity (Wildman–Crippen MR) is 137 cm³/mol. The molecule has 4 rings (SSSR count). The summed E-state index contributed by atoms with van der Waals surface area (Å²) in [5.74, 6) is 4.39. The molecule has 0 radical (unpaired) electrons. The van der Waals surface area contributed by atoms with Crippen LogP contribution in [0.5, 0.6) is 0 Å². The maximum atomic E-state index is 13.0. The van der Waals surface area contributed by atoms with Gasteiger partial charge in [0.25, 0.3) is 0 Å². The highest BCUT2D eigenvalue weighted by atomic mass is 19.4. The number of alkyl halides is 3. The fraction of sp³-hybridized carbons (Fsp3) is 0.414. The highest BCUT2D eigenvalue weighted by Crippen LogP contribution is 2.50. The van der Waals surface area contributed by atoms with Crippen molar-refractivity contribution in [3.8, 4) is 11.8 Å². The predicted octanol–water partition coefficient (Wildman–Crippen LogP) is 4.46. The van der Waals surface area contributed by atoms with Gasteiger partial charge in [0, 0.05) is 48.2 Å². The molecule has 6 nitrogen and oxygen atoms in total. The second-order valence-corrected chi connectivity index (χ2v) is 10.8. The molecule has 38 heavy (non-hydrogen) atoms. The Morgan fingerprint density at radius 2 is 1.68 bits per heavy atom. The van der Waals surface area contributed by atoms with Crippen LogP contribution in [-0.2, 0) is 17.4 Å². The molecule has 3 aromatic rings. The zero-order chi connectivity index (χ0) is 27.9. The molecule has 1 aliphatic heterocycles. The van der Waals surface area contributed by atoms with E-state index in [4.69, 9.17) is 0 Å². The van der Waals surface area contributed by atoms with E-state index in [1.807, 2.05) is 38.2 Å². The van der Waals surface area contributed by atoms with E-state index in [1.54, 1.807) is 12.3 Å². The highest BCUT2D eigenvalue weighted by molar-refractivity contribution is 5.45. The first kappa shape index (κ1) is 27.7. The van der Waals surface area contributed by atoms with Crippen LogP contribution in [0.1, 0.15) is 67.4 Å². The van der Waals surface area contributed by atoms with Crippen LogP contribution >= 0.6 is 0 Å². The first-order valence-electron chi connectivity index (χ1n) is 12.3. The first-order valence-corrected chi connectivity index (χ1v) is 12.3. The Hall–Kier alpha value is -3.32. The number of pyridine rings is 1. The third-order valence-corrected chi connectivity index (χ3v) is 7.12. The van der Waals surface area contributed by atoms with Crippen molar-refractivity contribution in [3.63, 3.8) is 0 Å². The van der Waals surface area contributed by atoms with Gasteiger partial charge in [-0.2, -0.15) is 13.2 Å². The lowest BCUT2D eigenvalue weighted by Gasteiger charge is -2.55. The minimum absolute atomic E-state index is 0.275. The molecule has 1 aromatic carbocycles. The molecule has 3 heterocycles. The van der Waals surface area contributed by atoms with Gasteiger partial charge in [-0.3, -0.25) is 4.98 Å². The second-order valence-electron chi connectivity index (χ2n) is 10.8. The lowest BCUT2D eigenvalue weighted by atomic mass is 9.62. The molecule has 0 aliphatic carbocycles. The van der Waals surface area contributed by atoms with Crippen molar-refractivity contribution in [3.05, 3.63) is 88.8 Å². The Balaban J connectivity index is 1.73. The monoisotopic (exact) mass is 524 g/mol. The van der Waals surface area contributed by atoms with Crippen molar-refractivity contribution in [2.24, 2.45) is 5.41 Å². The number of hydrogen-bond donors (Lipinski definition) is 2. The van der Waals surface area contributed by atoms with E-state index in [-0.39, 0.29) is 5.69 Å². The molecule has 0 unspecified atom stereocenters. The van der Waals surface area contributed by atoms with E-state index in [9.17, 15) is 23.4 Å². The molecule has 1 aliphatic rings. The third-order valence-electron chi connectivity index (χ3n) is 7.12. The SMILES string of the molecule is CC(C)c1ccc([C@](O)(c2cncc(C#C[C@@](C)(O)c3ccnc(C(F)(F)F)n3)c2)C2(C)CN(C)C2)cc1. The number of halogens is 3. The summed E-state index contributed by atoms with van der Waals surface area (Å²) >= 11 is 0. The fourth-order valence-electron chi connectivity index (χ4n) is 5.08. The maximum Gasteiger partial charge on any atom is 0.451 e. The number of likely N-dealkylation sites (tertiary alicyclic amines) is 1. The number of benzene rings is 1. The molecular formula is C29H31F3N4O2. The van der Waals surface area contributed by atoms with Crippen molar-refractivity contribution in [1.82, 2.24) is 19.9 Å². The largest absolute Gasteiger partial charge is 0.451 e. The van der Waals surface area contributed by atoms with Gasteiger partial charge in [-0.25, -0.2) is 9.97 Å². The normalized spacial score (nSPS) is 18.6. The van der Waals surface area contributed by atoms with Gasteiger partial charge < -0.3 is 15.1 Å². The zero-order valence-electron chi connectivity index (χ0n) is 22.0. The van der Waals surface area contributed by atoms with Crippen molar-refractivity contribution in [2.75, 3.05) is 20.1 Å². The van der Waals surface area contributed by atoms with Crippen LogP contribution in [-0.4, -0.2) is 50.2 Å². The quantitative estimate of drug-likeness (QED) is 0.480. The summed E-state index contributed by atoms with van der Waals surface area (Å²) in [7, 11) is 1.99. The zero-order valence-corrected chi connectivity index (χ0v) is 22.0. The van der Waals surface area contributed by atoms with Crippen LogP contribution in [0.3, 0.4) is 0 Å². The first-order chi connectivity index (χ1) is 17.7. The van der Waals surface area contributed by atoms with Gasteiger partial charge in [0.15, 0.2) is 5.60 Å². The fourth-order valence-corrected chi connectivity index (χ4v) is 5.08. The third kappa shape index (κ3) is 5.17.